The Labute approximate surface area is 117 Å². The van der Waals surface area contributed by atoms with Crippen molar-refractivity contribution in [3.63, 3.8) is 0 Å². The minimum atomic E-state index is 0.166. The van der Waals surface area contributed by atoms with E-state index in [1.165, 1.54) is 0 Å². The molecule has 0 radical (unpaired) electrons. The topological polar surface area (TPSA) is 50.4 Å². The second-order valence-electron chi connectivity index (χ2n) is 5.48. The van der Waals surface area contributed by atoms with Crippen LogP contribution in [-0.4, -0.2) is 48.5 Å². The molecule has 2 atom stereocenters. The lowest BCUT2D eigenvalue weighted by Gasteiger charge is -2.35. The van der Waals surface area contributed by atoms with E-state index in [1.807, 2.05) is 18.2 Å². The van der Waals surface area contributed by atoms with E-state index in [1.54, 1.807) is 0 Å². The van der Waals surface area contributed by atoms with Gasteiger partial charge in [-0.05, 0) is 25.0 Å². The summed E-state index contributed by atoms with van der Waals surface area (Å²) in [6, 6.07) is 8.14. The van der Waals surface area contributed by atoms with Crippen LogP contribution in [0.1, 0.15) is 12.8 Å². The Morgan fingerprint density at radius 3 is 2.90 bits per heavy atom. The van der Waals surface area contributed by atoms with Crippen LogP contribution in [0.4, 0.5) is 5.95 Å². The number of benzene rings is 1. The van der Waals surface area contributed by atoms with Crippen LogP contribution < -0.4 is 4.90 Å². The van der Waals surface area contributed by atoms with Gasteiger partial charge in [-0.3, -0.25) is 0 Å². The van der Waals surface area contributed by atoms with Gasteiger partial charge in [-0.25, -0.2) is 4.98 Å². The molecule has 2 saturated heterocycles. The summed E-state index contributed by atoms with van der Waals surface area (Å²) in [6.45, 7) is 3.34. The van der Waals surface area contributed by atoms with Crippen molar-refractivity contribution in [1.82, 2.24) is 9.97 Å². The number of nitrogens with one attached hydrogen (secondary N) is 1. The third-order valence-corrected chi connectivity index (χ3v) is 4.15. The number of fused-ring (bicyclic) bond motifs is 1. The van der Waals surface area contributed by atoms with Crippen molar-refractivity contribution in [3.8, 4) is 0 Å². The Morgan fingerprint density at radius 1 is 1.15 bits per heavy atom. The van der Waals surface area contributed by atoms with E-state index in [-0.39, 0.29) is 12.2 Å². The summed E-state index contributed by atoms with van der Waals surface area (Å²) in [6.07, 6.45) is 2.68. The molecule has 2 unspecified atom stereocenters. The number of anilines is 1. The molecule has 20 heavy (non-hydrogen) atoms. The fraction of sp³-hybridized carbons (Fsp3) is 0.533. The van der Waals surface area contributed by atoms with Crippen molar-refractivity contribution < 1.29 is 9.47 Å². The van der Waals surface area contributed by atoms with Crippen LogP contribution in [0.25, 0.3) is 11.0 Å². The van der Waals surface area contributed by atoms with Gasteiger partial charge >= 0.3 is 0 Å². The predicted molar refractivity (Wildman–Crippen MR) is 77.0 cm³/mol. The highest BCUT2D eigenvalue weighted by Gasteiger charge is 2.32. The summed E-state index contributed by atoms with van der Waals surface area (Å²) >= 11 is 0. The van der Waals surface area contributed by atoms with Gasteiger partial charge in [0.05, 0.1) is 23.7 Å². The molecule has 2 aliphatic heterocycles. The summed E-state index contributed by atoms with van der Waals surface area (Å²) in [4.78, 5) is 10.3. The molecule has 2 aliphatic rings. The number of aromatic amines is 1. The molecule has 1 aromatic carbocycles. The average molecular weight is 273 g/mol. The zero-order valence-electron chi connectivity index (χ0n) is 11.4. The number of ether oxygens (including phenoxy) is 2. The van der Waals surface area contributed by atoms with Gasteiger partial charge in [0, 0.05) is 19.7 Å². The number of morpholine rings is 1. The molecular weight excluding hydrogens is 254 g/mol. The number of H-pyrrole nitrogens is 1. The van der Waals surface area contributed by atoms with Crippen molar-refractivity contribution in [1.29, 1.82) is 0 Å². The third kappa shape index (κ3) is 2.17. The number of imidazole rings is 1. The van der Waals surface area contributed by atoms with E-state index >= 15 is 0 Å². The summed E-state index contributed by atoms with van der Waals surface area (Å²) in [5.41, 5.74) is 2.10. The number of hydrogen-bond donors (Lipinski definition) is 1. The summed E-state index contributed by atoms with van der Waals surface area (Å²) in [5, 5.41) is 0. The monoisotopic (exact) mass is 273 g/mol. The first-order valence-corrected chi connectivity index (χ1v) is 7.33. The molecule has 0 aliphatic carbocycles. The van der Waals surface area contributed by atoms with Crippen LogP contribution in [0.3, 0.4) is 0 Å². The van der Waals surface area contributed by atoms with Crippen LogP contribution in [0.2, 0.25) is 0 Å². The second kappa shape index (κ2) is 5.07. The standard InChI is InChI=1S/C15H19N3O2/c1-2-5-12-11(4-1)16-15(17-12)18-7-9-20-14(10-18)13-6-3-8-19-13/h1-2,4-5,13-14H,3,6-10H2,(H,16,17). The zero-order chi connectivity index (χ0) is 13.4. The van der Waals surface area contributed by atoms with E-state index in [4.69, 9.17) is 9.47 Å². The summed E-state index contributed by atoms with van der Waals surface area (Å²) in [5.74, 6) is 0.942. The predicted octanol–water partition coefficient (Wildman–Crippen LogP) is 1.95. The van der Waals surface area contributed by atoms with Gasteiger partial charge < -0.3 is 19.4 Å². The summed E-state index contributed by atoms with van der Waals surface area (Å²) in [7, 11) is 0. The maximum absolute atomic E-state index is 5.88. The molecule has 0 bridgehead atoms. The molecule has 0 amide bonds. The Morgan fingerprint density at radius 2 is 2.05 bits per heavy atom. The first kappa shape index (κ1) is 12.2. The van der Waals surface area contributed by atoms with Gasteiger partial charge in [0.15, 0.2) is 0 Å². The van der Waals surface area contributed by atoms with Crippen LogP contribution >= 0.6 is 0 Å². The van der Waals surface area contributed by atoms with Gasteiger partial charge in [-0.15, -0.1) is 0 Å². The molecule has 0 saturated carbocycles. The van der Waals surface area contributed by atoms with Gasteiger partial charge in [0.1, 0.15) is 6.10 Å². The first-order valence-electron chi connectivity index (χ1n) is 7.33. The van der Waals surface area contributed by atoms with Crippen molar-refractivity contribution in [2.24, 2.45) is 0 Å². The SMILES string of the molecule is c1ccc2[nH]c(N3CCOC(C4CCCO4)C3)nc2c1. The van der Waals surface area contributed by atoms with Gasteiger partial charge in [0.25, 0.3) is 0 Å². The highest BCUT2D eigenvalue weighted by Crippen LogP contribution is 2.24. The molecule has 5 heteroatoms. The molecule has 106 valence electrons. The molecule has 0 spiro atoms. The number of rotatable bonds is 2. The highest BCUT2D eigenvalue weighted by molar-refractivity contribution is 5.77. The zero-order valence-corrected chi connectivity index (χ0v) is 11.4. The molecule has 1 N–H and O–H groups in total. The smallest absolute Gasteiger partial charge is 0.204 e. The molecule has 2 aromatic rings. The minimum Gasteiger partial charge on any atom is -0.375 e. The van der Waals surface area contributed by atoms with Crippen molar-refractivity contribution in [2.45, 2.75) is 25.0 Å². The molecule has 3 heterocycles. The molecule has 4 rings (SSSR count). The fourth-order valence-corrected chi connectivity index (χ4v) is 3.08. The summed E-state index contributed by atoms with van der Waals surface area (Å²) < 4.78 is 11.6. The molecular formula is C15H19N3O2. The average Bonchev–Trinajstić information content (AvgIpc) is 3.16. The quantitative estimate of drug-likeness (QED) is 0.908. The number of nitrogens with zero attached hydrogens (tertiary/aromatic N) is 2. The molecule has 1 aromatic heterocycles. The Hall–Kier alpha value is -1.59. The maximum atomic E-state index is 5.88. The Kier molecular flexibility index (Phi) is 3.09. The van der Waals surface area contributed by atoms with Crippen molar-refractivity contribution in [3.05, 3.63) is 24.3 Å². The van der Waals surface area contributed by atoms with Crippen LogP contribution in [0, 0.1) is 0 Å². The third-order valence-electron chi connectivity index (χ3n) is 4.15. The fourth-order valence-electron chi connectivity index (χ4n) is 3.08. The normalized spacial score (nSPS) is 27.3. The number of para-hydroxylation sites is 2. The lowest BCUT2D eigenvalue weighted by atomic mass is 10.1. The van der Waals surface area contributed by atoms with E-state index in [2.05, 4.69) is 20.9 Å². The van der Waals surface area contributed by atoms with E-state index in [0.29, 0.717) is 0 Å². The maximum Gasteiger partial charge on any atom is 0.204 e. The van der Waals surface area contributed by atoms with Gasteiger partial charge in [0.2, 0.25) is 5.95 Å². The lowest BCUT2D eigenvalue weighted by molar-refractivity contribution is -0.0545. The lowest BCUT2D eigenvalue weighted by Crippen LogP contribution is -2.48. The van der Waals surface area contributed by atoms with Crippen LogP contribution in [0.15, 0.2) is 24.3 Å². The van der Waals surface area contributed by atoms with E-state index in [0.717, 1.165) is 56.1 Å². The number of hydrogen-bond acceptors (Lipinski definition) is 4. The van der Waals surface area contributed by atoms with Crippen LogP contribution in [-0.2, 0) is 9.47 Å². The van der Waals surface area contributed by atoms with E-state index < -0.39 is 0 Å². The minimum absolute atomic E-state index is 0.166. The molecule has 5 nitrogen and oxygen atoms in total. The van der Waals surface area contributed by atoms with Gasteiger partial charge in [-0.1, -0.05) is 12.1 Å². The largest absolute Gasteiger partial charge is 0.375 e. The Bertz CT molecular complexity index is 559. The van der Waals surface area contributed by atoms with Crippen molar-refractivity contribution in [2.75, 3.05) is 31.2 Å². The number of aromatic nitrogens is 2. The van der Waals surface area contributed by atoms with E-state index in [9.17, 15) is 0 Å². The van der Waals surface area contributed by atoms with Crippen molar-refractivity contribution >= 4 is 17.0 Å². The Balaban J connectivity index is 1.54. The molecule has 2 fully saturated rings. The van der Waals surface area contributed by atoms with Gasteiger partial charge in [-0.2, -0.15) is 0 Å². The first-order chi connectivity index (χ1) is 9.90. The van der Waals surface area contributed by atoms with Crippen LogP contribution in [0.5, 0.6) is 0 Å². The second-order valence-corrected chi connectivity index (χ2v) is 5.48. The highest BCUT2D eigenvalue weighted by atomic mass is 16.5.